The van der Waals surface area contributed by atoms with Gasteiger partial charge in [0, 0.05) is 22.0 Å². The molecule has 0 bridgehead atoms. The Morgan fingerprint density at radius 1 is 1.00 bits per heavy atom. The summed E-state index contributed by atoms with van der Waals surface area (Å²) in [6.45, 7) is 0.0689. The highest BCUT2D eigenvalue weighted by Gasteiger charge is 2.43. The first-order valence-corrected chi connectivity index (χ1v) is 16.2. The van der Waals surface area contributed by atoms with E-state index in [9.17, 15) is 22.8 Å². The number of nitrogens with zero attached hydrogens (tertiary/aromatic N) is 2. The van der Waals surface area contributed by atoms with Gasteiger partial charge in [0.2, 0.25) is 0 Å². The van der Waals surface area contributed by atoms with Gasteiger partial charge >= 0.3 is 12.1 Å². The number of nitrogens with one attached hydrogen (secondary N) is 2. The number of esters is 1. The van der Waals surface area contributed by atoms with Crippen molar-refractivity contribution >= 4 is 72.2 Å². The van der Waals surface area contributed by atoms with Crippen LogP contribution >= 0.6 is 11.3 Å². The van der Waals surface area contributed by atoms with Gasteiger partial charge in [0.25, 0.3) is 5.91 Å². The Morgan fingerprint density at radius 3 is 2.48 bits per heavy atom. The summed E-state index contributed by atoms with van der Waals surface area (Å²) in [7, 11) is -1.80. The summed E-state index contributed by atoms with van der Waals surface area (Å²) in [5.41, 5.74) is 5.21. The molecule has 3 aromatic carbocycles. The predicted molar refractivity (Wildman–Crippen MR) is 175 cm³/mol. The number of aromatic nitrogens is 1. The van der Waals surface area contributed by atoms with Gasteiger partial charge in [-0.05, 0) is 52.7 Å². The predicted octanol–water partition coefficient (Wildman–Crippen LogP) is 4.68. The van der Waals surface area contributed by atoms with Crippen LogP contribution in [0.15, 0.2) is 90.0 Å². The maximum Gasteiger partial charge on any atom is 0.411 e. The highest BCUT2D eigenvalue weighted by molar-refractivity contribution is 7.91. The van der Waals surface area contributed by atoms with E-state index < -0.39 is 39.1 Å². The van der Waals surface area contributed by atoms with Gasteiger partial charge in [-0.1, -0.05) is 42.5 Å². The zero-order chi connectivity index (χ0) is 33.1. The monoisotopic (exact) mass is 659 g/mol. The van der Waals surface area contributed by atoms with Crippen molar-refractivity contribution in [3.63, 3.8) is 0 Å². The van der Waals surface area contributed by atoms with Crippen LogP contribution in [0.1, 0.15) is 20.8 Å². The van der Waals surface area contributed by atoms with E-state index in [-0.39, 0.29) is 28.1 Å². The van der Waals surface area contributed by atoms with Gasteiger partial charge in [0.15, 0.2) is 15.4 Å². The van der Waals surface area contributed by atoms with Gasteiger partial charge in [-0.3, -0.25) is 25.4 Å². The second kappa shape index (κ2) is 13.0. The van der Waals surface area contributed by atoms with Crippen LogP contribution in [-0.2, 0) is 36.2 Å². The molecule has 5 rings (SSSR count). The minimum absolute atomic E-state index is 0.0660. The molecule has 2 amide bonds. The van der Waals surface area contributed by atoms with Crippen LogP contribution in [0, 0.1) is 5.41 Å². The van der Waals surface area contributed by atoms with Crippen LogP contribution in [0.2, 0.25) is 0 Å². The number of benzene rings is 3. The smallest absolute Gasteiger partial charge is 0.411 e. The molecule has 0 aliphatic rings. The minimum Gasteiger partial charge on any atom is -0.467 e. The van der Waals surface area contributed by atoms with E-state index in [1.54, 1.807) is 66.7 Å². The average molecular weight is 660 g/mol. The van der Waals surface area contributed by atoms with E-state index in [0.717, 1.165) is 13.4 Å². The number of nitrogens with two attached hydrogens (primary N) is 1. The van der Waals surface area contributed by atoms with Crippen molar-refractivity contribution in [2.45, 2.75) is 17.0 Å². The summed E-state index contributed by atoms with van der Waals surface area (Å²) >= 11 is 1.23. The number of rotatable bonds is 10. The van der Waals surface area contributed by atoms with Crippen LogP contribution in [0.4, 0.5) is 9.80 Å². The summed E-state index contributed by atoms with van der Waals surface area (Å²) in [6.07, 6.45) is 1.78. The molecule has 0 saturated carbocycles. The Morgan fingerprint density at radius 2 is 1.74 bits per heavy atom. The summed E-state index contributed by atoms with van der Waals surface area (Å²) < 4.78 is 37.1. The first-order chi connectivity index (χ1) is 22.0. The van der Waals surface area contributed by atoms with Crippen molar-refractivity contribution < 1.29 is 32.3 Å². The summed E-state index contributed by atoms with van der Waals surface area (Å²) in [5.74, 6) is -2.23. The number of fused-ring (bicyclic) bond motifs is 2. The lowest BCUT2D eigenvalue weighted by Gasteiger charge is -2.27. The number of sulfone groups is 1. The molecule has 0 aliphatic carbocycles. The molecule has 0 fully saturated rings. The number of thiophene rings is 1. The Balaban J connectivity index is 1.48. The lowest BCUT2D eigenvalue weighted by atomic mass is 9.90. The fourth-order valence-corrected chi connectivity index (χ4v) is 7.76. The van der Waals surface area contributed by atoms with Crippen LogP contribution in [-0.4, -0.2) is 62.6 Å². The Labute approximate surface area is 268 Å². The number of carbonyl (C=O) groups is 3. The van der Waals surface area contributed by atoms with Crippen LogP contribution < -0.4 is 11.1 Å². The molecule has 236 valence electrons. The highest BCUT2D eigenvalue weighted by atomic mass is 32.2. The normalized spacial score (nSPS) is 12.7. The maximum atomic E-state index is 13.8. The molecular weight excluding hydrogens is 631 g/mol. The van der Waals surface area contributed by atoms with Crippen LogP contribution in [0.3, 0.4) is 0 Å². The molecule has 0 saturated heterocycles. The van der Waals surface area contributed by atoms with Crippen molar-refractivity contribution in [2.24, 2.45) is 5.73 Å². The van der Waals surface area contributed by atoms with Gasteiger partial charge in [-0.25, -0.2) is 18.0 Å². The van der Waals surface area contributed by atoms with E-state index >= 15 is 0 Å². The number of para-hydroxylation sites is 1. The molecule has 2 aromatic heterocycles. The summed E-state index contributed by atoms with van der Waals surface area (Å²) in [4.78, 5) is 44.4. The van der Waals surface area contributed by atoms with Gasteiger partial charge < -0.3 is 15.2 Å². The number of pyridine rings is 1. The third kappa shape index (κ3) is 6.31. The van der Waals surface area contributed by atoms with Crippen LogP contribution in [0.25, 0.3) is 21.7 Å². The Hall–Kier alpha value is -5.18. The van der Waals surface area contributed by atoms with Crippen LogP contribution in [0.5, 0.6) is 0 Å². The lowest BCUT2D eigenvalue weighted by molar-refractivity contribution is -0.146. The molecule has 4 N–H and O–H groups in total. The third-order valence-electron chi connectivity index (χ3n) is 7.34. The number of carbonyl (C=O) groups excluding carboxylic acids is 3. The highest BCUT2D eigenvalue weighted by Crippen LogP contribution is 2.32. The third-order valence-corrected chi connectivity index (χ3v) is 10.2. The number of methoxy groups -OCH3 is 2. The number of hydrogen-bond acceptors (Lipinski definition) is 11. The second-order valence-corrected chi connectivity index (χ2v) is 13.4. The molecular formula is C32H29N5O7S2. The summed E-state index contributed by atoms with van der Waals surface area (Å²) in [5, 5.41) is 12.6. The summed E-state index contributed by atoms with van der Waals surface area (Å²) in [6, 6.07) is 21.1. The molecule has 1 unspecified atom stereocenters. The van der Waals surface area contributed by atoms with E-state index in [1.807, 2.05) is 0 Å². The van der Waals surface area contributed by atoms with Gasteiger partial charge in [-0.2, -0.15) is 0 Å². The number of amides is 2. The minimum atomic E-state index is -4.18. The molecule has 12 nitrogen and oxygen atoms in total. The molecule has 1 atom stereocenters. The number of ether oxygens (including phenoxy) is 2. The van der Waals surface area contributed by atoms with Gasteiger partial charge in [0.05, 0.1) is 48.3 Å². The Bertz CT molecular complexity index is 2090. The maximum absolute atomic E-state index is 13.8. The standard InChI is InChI=1S/C32H29N5O7S2/c1-43-30(39)32(34,18-46(41,42)26-10-4-6-20-8-5-15-35-28(20)26)22-11-13-24-21(16-22)7-3-9-25(24)29(38)37(19-33)17-23-12-14-27(45-23)36-31(40)44-2/h3-16,19,33H,17-18,34H2,1-2H3,(H,36,40). The van der Waals surface area contributed by atoms with Crippen molar-refractivity contribution in [1.29, 1.82) is 5.41 Å². The van der Waals surface area contributed by atoms with Gasteiger partial charge in [0.1, 0.15) is 0 Å². The molecule has 0 spiro atoms. The Kier molecular flexibility index (Phi) is 9.14. The molecule has 46 heavy (non-hydrogen) atoms. The second-order valence-electron chi connectivity index (χ2n) is 10.2. The lowest BCUT2D eigenvalue weighted by Crippen LogP contribution is -2.51. The zero-order valence-corrected chi connectivity index (χ0v) is 26.4. The fourth-order valence-electron chi connectivity index (χ4n) is 5.07. The topological polar surface area (TPSA) is 182 Å². The first kappa shape index (κ1) is 32.2. The van der Waals surface area contributed by atoms with Crippen molar-refractivity contribution in [3.05, 3.63) is 101 Å². The zero-order valence-electron chi connectivity index (χ0n) is 24.7. The van der Waals surface area contributed by atoms with Crippen molar-refractivity contribution in [3.8, 4) is 0 Å². The number of anilines is 1. The molecule has 14 heteroatoms. The van der Waals surface area contributed by atoms with E-state index in [0.29, 0.717) is 26.0 Å². The quantitative estimate of drug-likeness (QED) is 0.109. The largest absolute Gasteiger partial charge is 0.467 e. The number of hydrogen-bond donors (Lipinski definition) is 3. The van der Waals surface area contributed by atoms with Gasteiger partial charge in [-0.15, -0.1) is 11.3 Å². The first-order valence-electron chi connectivity index (χ1n) is 13.7. The molecule has 0 aliphatic heterocycles. The van der Waals surface area contributed by atoms with Crippen molar-refractivity contribution in [2.75, 3.05) is 25.3 Å². The molecule has 5 aromatic rings. The van der Waals surface area contributed by atoms with E-state index in [1.165, 1.54) is 41.7 Å². The van der Waals surface area contributed by atoms with E-state index in [4.69, 9.17) is 15.9 Å². The average Bonchev–Trinajstić information content (AvgIpc) is 3.51. The molecule has 2 heterocycles. The van der Waals surface area contributed by atoms with E-state index in [2.05, 4.69) is 15.0 Å². The SMILES string of the molecule is COC(=O)Nc1ccc(CN(C=N)C(=O)c2cccc3cc(C(N)(CS(=O)(=O)c4cccc5cccnc45)C(=O)OC)ccc23)s1. The molecule has 0 radical (unpaired) electrons. The fraction of sp³-hybridized carbons (Fsp3) is 0.156. The van der Waals surface area contributed by atoms with Crippen molar-refractivity contribution in [1.82, 2.24) is 9.88 Å².